The number of carbonyl (C=O) groups is 1. The summed E-state index contributed by atoms with van der Waals surface area (Å²) in [5, 5.41) is 6.60. The quantitative estimate of drug-likeness (QED) is 0.803. The maximum atomic E-state index is 12.7. The number of nitrogens with one attached hydrogen (secondary N) is 2. The fourth-order valence-electron chi connectivity index (χ4n) is 2.66. The molecule has 5 heteroatoms. The number of pyridine rings is 1. The predicted molar refractivity (Wildman–Crippen MR) is 89.9 cm³/mol. The van der Waals surface area contributed by atoms with Gasteiger partial charge in [0.25, 0.3) is 0 Å². The summed E-state index contributed by atoms with van der Waals surface area (Å²) in [7, 11) is 0. The van der Waals surface area contributed by atoms with Crippen molar-refractivity contribution in [2.24, 2.45) is 0 Å². The molecular weight excluding hydrogens is 290 g/mol. The summed E-state index contributed by atoms with van der Waals surface area (Å²) in [5.74, 6) is 0.919. The van der Waals surface area contributed by atoms with Crippen molar-refractivity contribution < 1.29 is 9.53 Å². The molecule has 0 spiro atoms. The number of carbonyl (C=O) groups excluding carboxylic acids is 1. The van der Waals surface area contributed by atoms with Crippen LogP contribution < -0.4 is 15.4 Å². The molecule has 3 rings (SSSR count). The van der Waals surface area contributed by atoms with E-state index in [1.165, 1.54) is 0 Å². The number of anilines is 1. The van der Waals surface area contributed by atoms with E-state index >= 15 is 0 Å². The van der Waals surface area contributed by atoms with Gasteiger partial charge in [0.1, 0.15) is 12.4 Å². The largest absolute Gasteiger partial charge is 0.490 e. The number of ether oxygens (including phenoxy) is 1. The summed E-state index contributed by atoms with van der Waals surface area (Å²) in [5.41, 5.74) is 2.72. The Hall–Kier alpha value is -2.40. The number of fused-ring (bicyclic) bond motifs is 1. The van der Waals surface area contributed by atoms with Crippen LogP contribution in [0.2, 0.25) is 0 Å². The van der Waals surface area contributed by atoms with Gasteiger partial charge in [-0.3, -0.25) is 9.78 Å². The van der Waals surface area contributed by atoms with E-state index in [1.54, 1.807) is 12.4 Å². The molecular formula is C18H21N3O2. The standard InChI is InChI=1S/C18H21N3O2/c1-2-15(21-12-13-5-7-19-8-6-13)18(22)14-3-4-17-16(11-14)20-9-10-23-17/h3-8,11,15,20-21H,2,9-10,12H2,1H3. The molecule has 0 amide bonds. The Labute approximate surface area is 136 Å². The minimum atomic E-state index is -0.203. The second-order valence-electron chi connectivity index (χ2n) is 5.55. The average molecular weight is 311 g/mol. The number of hydrogen-bond donors (Lipinski definition) is 2. The van der Waals surface area contributed by atoms with E-state index in [4.69, 9.17) is 4.74 Å². The van der Waals surface area contributed by atoms with Gasteiger partial charge in [0.15, 0.2) is 5.78 Å². The zero-order chi connectivity index (χ0) is 16.1. The zero-order valence-corrected chi connectivity index (χ0v) is 13.2. The van der Waals surface area contributed by atoms with Gasteiger partial charge in [0.2, 0.25) is 0 Å². The van der Waals surface area contributed by atoms with Crippen LogP contribution in [0.1, 0.15) is 29.3 Å². The first-order valence-corrected chi connectivity index (χ1v) is 7.95. The lowest BCUT2D eigenvalue weighted by Gasteiger charge is -2.21. The number of rotatable bonds is 6. The fraction of sp³-hybridized carbons (Fsp3) is 0.333. The van der Waals surface area contributed by atoms with Gasteiger partial charge in [-0.15, -0.1) is 0 Å². The third kappa shape index (κ3) is 3.68. The molecule has 1 unspecified atom stereocenters. The molecule has 1 aliphatic rings. The van der Waals surface area contributed by atoms with Crippen LogP contribution >= 0.6 is 0 Å². The van der Waals surface area contributed by atoms with Crippen molar-refractivity contribution in [3.05, 3.63) is 53.9 Å². The van der Waals surface area contributed by atoms with Crippen molar-refractivity contribution in [3.63, 3.8) is 0 Å². The van der Waals surface area contributed by atoms with Crippen LogP contribution in [0.25, 0.3) is 0 Å². The molecule has 0 fully saturated rings. The lowest BCUT2D eigenvalue weighted by Crippen LogP contribution is -2.36. The monoisotopic (exact) mass is 311 g/mol. The minimum absolute atomic E-state index is 0.108. The summed E-state index contributed by atoms with van der Waals surface area (Å²) < 4.78 is 5.55. The van der Waals surface area contributed by atoms with Gasteiger partial charge in [-0.2, -0.15) is 0 Å². The maximum absolute atomic E-state index is 12.7. The van der Waals surface area contributed by atoms with Crippen LogP contribution in [0, 0.1) is 0 Å². The van der Waals surface area contributed by atoms with E-state index < -0.39 is 0 Å². The van der Waals surface area contributed by atoms with Gasteiger partial charge in [-0.05, 0) is 42.3 Å². The topological polar surface area (TPSA) is 63.2 Å². The molecule has 1 aliphatic heterocycles. The number of ketones is 1. The summed E-state index contributed by atoms with van der Waals surface area (Å²) >= 11 is 0. The van der Waals surface area contributed by atoms with Crippen LogP contribution in [0.3, 0.4) is 0 Å². The molecule has 1 atom stereocenters. The number of benzene rings is 1. The SMILES string of the molecule is CCC(NCc1ccncc1)C(=O)c1ccc2c(c1)NCCO2. The van der Waals surface area contributed by atoms with Crippen LogP contribution in [-0.2, 0) is 6.54 Å². The summed E-state index contributed by atoms with van der Waals surface area (Å²) in [6, 6.07) is 9.28. The fourth-order valence-corrected chi connectivity index (χ4v) is 2.66. The van der Waals surface area contributed by atoms with Crippen molar-refractivity contribution in [2.45, 2.75) is 25.9 Å². The van der Waals surface area contributed by atoms with Gasteiger partial charge < -0.3 is 15.4 Å². The Morgan fingerprint density at radius 2 is 2.17 bits per heavy atom. The first-order valence-electron chi connectivity index (χ1n) is 7.95. The Morgan fingerprint density at radius 1 is 1.35 bits per heavy atom. The average Bonchev–Trinajstić information content (AvgIpc) is 2.62. The molecule has 1 aromatic carbocycles. The van der Waals surface area contributed by atoms with Crippen molar-refractivity contribution in [2.75, 3.05) is 18.5 Å². The molecule has 0 bridgehead atoms. The summed E-state index contributed by atoms with van der Waals surface area (Å²) in [6.07, 6.45) is 4.26. The third-order valence-electron chi connectivity index (χ3n) is 3.97. The van der Waals surface area contributed by atoms with Gasteiger partial charge in [0.05, 0.1) is 11.7 Å². The van der Waals surface area contributed by atoms with Crippen molar-refractivity contribution >= 4 is 11.5 Å². The highest BCUT2D eigenvalue weighted by molar-refractivity contribution is 6.01. The van der Waals surface area contributed by atoms with Crippen molar-refractivity contribution in [1.82, 2.24) is 10.3 Å². The van der Waals surface area contributed by atoms with E-state index in [0.29, 0.717) is 18.7 Å². The van der Waals surface area contributed by atoms with E-state index in [0.717, 1.165) is 30.0 Å². The minimum Gasteiger partial charge on any atom is -0.490 e. The highest BCUT2D eigenvalue weighted by Crippen LogP contribution is 2.28. The number of Topliss-reactive ketones (excluding diaryl/α,β-unsaturated/α-hetero) is 1. The molecule has 0 saturated heterocycles. The highest BCUT2D eigenvalue weighted by Gasteiger charge is 2.20. The molecule has 2 N–H and O–H groups in total. The molecule has 1 aromatic heterocycles. The van der Waals surface area contributed by atoms with Gasteiger partial charge in [-0.1, -0.05) is 6.92 Å². The normalized spacial score (nSPS) is 14.3. The van der Waals surface area contributed by atoms with Crippen molar-refractivity contribution in [1.29, 1.82) is 0 Å². The van der Waals surface area contributed by atoms with Gasteiger partial charge in [0, 0.05) is 31.0 Å². The summed E-state index contributed by atoms with van der Waals surface area (Å²) in [6.45, 7) is 4.09. The molecule has 120 valence electrons. The van der Waals surface area contributed by atoms with Crippen LogP contribution in [-0.4, -0.2) is 30.0 Å². The Morgan fingerprint density at radius 3 is 2.96 bits per heavy atom. The number of hydrogen-bond acceptors (Lipinski definition) is 5. The molecule has 0 radical (unpaired) electrons. The van der Waals surface area contributed by atoms with Crippen LogP contribution in [0.4, 0.5) is 5.69 Å². The van der Waals surface area contributed by atoms with E-state index in [9.17, 15) is 4.79 Å². The Balaban J connectivity index is 1.69. The summed E-state index contributed by atoms with van der Waals surface area (Å²) in [4.78, 5) is 16.7. The molecule has 0 aliphatic carbocycles. The number of nitrogens with zero attached hydrogens (tertiary/aromatic N) is 1. The van der Waals surface area contributed by atoms with Crippen molar-refractivity contribution in [3.8, 4) is 5.75 Å². The van der Waals surface area contributed by atoms with Crippen LogP contribution in [0.5, 0.6) is 5.75 Å². The van der Waals surface area contributed by atoms with Gasteiger partial charge in [-0.25, -0.2) is 0 Å². The molecule has 0 saturated carbocycles. The van der Waals surface area contributed by atoms with E-state index in [-0.39, 0.29) is 11.8 Å². The third-order valence-corrected chi connectivity index (χ3v) is 3.97. The van der Waals surface area contributed by atoms with Gasteiger partial charge >= 0.3 is 0 Å². The molecule has 2 aromatic rings. The Kier molecular flexibility index (Phi) is 4.88. The van der Waals surface area contributed by atoms with Crippen LogP contribution in [0.15, 0.2) is 42.7 Å². The maximum Gasteiger partial charge on any atom is 0.179 e. The highest BCUT2D eigenvalue weighted by atomic mass is 16.5. The predicted octanol–water partition coefficient (Wildman–Crippen LogP) is 2.64. The first-order chi connectivity index (χ1) is 11.3. The second kappa shape index (κ2) is 7.24. The molecule has 5 nitrogen and oxygen atoms in total. The smallest absolute Gasteiger partial charge is 0.179 e. The lowest BCUT2D eigenvalue weighted by atomic mass is 10.0. The lowest BCUT2D eigenvalue weighted by molar-refractivity contribution is 0.0939. The Bertz CT molecular complexity index is 673. The second-order valence-corrected chi connectivity index (χ2v) is 5.55. The van der Waals surface area contributed by atoms with E-state index in [1.807, 2.05) is 37.3 Å². The molecule has 2 heterocycles. The van der Waals surface area contributed by atoms with E-state index in [2.05, 4.69) is 15.6 Å². The first kappa shape index (κ1) is 15.5. The number of aromatic nitrogens is 1. The molecule has 23 heavy (non-hydrogen) atoms. The zero-order valence-electron chi connectivity index (χ0n) is 13.2.